The van der Waals surface area contributed by atoms with Gasteiger partial charge in [0.1, 0.15) is 29.6 Å². The number of halogens is 3. The fourth-order valence-corrected chi connectivity index (χ4v) is 1.38. The lowest BCUT2D eigenvalue weighted by atomic mass is 10.1. The van der Waals surface area contributed by atoms with Crippen molar-refractivity contribution in [3.05, 3.63) is 45.1 Å². The van der Waals surface area contributed by atoms with Gasteiger partial charge in [-0.05, 0) is 12.1 Å². The van der Waals surface area contributed by atoms with Crippen LogP contribution in [-0.2, 0) is 6.18 Å². The highest BCUT2D eigenvalue weighted by atomic mass is 19.4. The largest absolute Gasteiger partial charge is 0.416 e. The summed E-state index contributed by atoms with van der Waals surface area (Å²) in [5.41, 5.74) is -3.90. The van der Waals surface area contributed by atoms with Gasteiger partial charge in [-0.3, -0.25) is 10.1 Å². The molecule has 0 aliphatic rings. The van der Waals surface area contributed by atoms with Crippen molar-refractivity contribution in [3.8, 4) is 18.2 Å². The number of nitrogens with zero attached hydrogens (tertiary/aromatic N) is 4. The Balaban J connectivity index is 3.42. The number of rotatable bonds is 3. The molecule has 22 heavy (non-hydrogen) atoms. The van der Waals surface area contributed by atoms with Gasteiger partial charge >= 0.3 is 6.18 Å². The molecule has 0 saturated heterocycles. The van der Waals surface area contributed by atoms with Gasteiger partial charge in [0, 0.05) is 6.07 Å². The summed E-state index contributed by atoms with van der Waals surface area (Å²) >= 11 is 0. The SMILES string of the molecule is N#CC(C#N)=C(C#N)Nc1ccc(C(F)(F)F)cc1[N+](=O)[O-]. The van der Waals surface area contributed by atoms with Crippen LogP contribution < -0.4 is 5.32 Å². The van der Waals surface area contributed by atoms with Crippen LogP contribution in [0, 0.1) is 44.1 Å². The fraction of sp³-hybridized carbons (Fsp3) is 0.0833. The predicted molar refractivity (Wildman–Crippen MR) is 65.6 cm³/mol. The summed E-state index contributed by atoms with van der Waals surface area (Å²) in [5.74, 6) is 0. The highest BCUT2D eigenvalue weighted by Crippen LogP contribution is 2.35. The number of nitriles is 3. The molecule has 1 N–H and O–H groups in total. The average Bonchev–Trinajstić information content (AvgIpc) is 2.46. The minimum absolute atomic E-state index is 0.287. The first-order chi connectivity index (χ1) is 10.2. The minimum atomic E-state index is -4.78. The molecule has 0 spiro atoms. The van der Waals surface area contributed by atoms with Crippen LogP contribution in [0.25, 0.3) is 0 Å². The van der Waals surface area contributed by atoms with Gasteiger partial charge in [0.15, 0.2) is 5.57 Å². The molecule has 0 saturated carbocycles. The van der Waals surface area contributed by atoms with Crippen molar-refractivity contribution in [1.82, 2.24) is 0 Å². The second-order valence-corrected chi connectivity index (χ2v) is 3.70. The third-order valence-corrected chi connectivity index (χ3v) is 2.37. The van der Waals surface area contributed by atoms with E-state index in [-0.39, 0.29) is 6.07 Å². The number of anilines is 1. The summed E-state index contributed by atoms with van der Waals surface area (Å²) in [6.45, 7) is 0. The van der Waals surface area contributed by atoms with Crippen LogP contribution in [0.3, 0.4) is 0 Å². The van der Waals surface area contributed by atoms with Gasteiger partial charge in [-0.1, -0.05) is 0 Å². The number of allylic oxidation sites excluding steroid dienone is 2. The van der Waals surface area contributed by atoms with E-state index in [4.69, 9.17) is 15.8 Å². The van der Waals surface area contributed by atoms with Crippen LogP contribution in [0.5, 0.6) is 0 Å². The zero-order chi connectivity index (χ0) is 16.9. The molecule has 0 unspecified atom stereocenters. The number of benzene rings is 1. The van der Waals surface area contributed by atoms with E-state index in [1.54, 1.807) is 0 Å². The number of alkyl halides is 3. The number of nitro groups is 1. The molecule has 0 amide bonds. The van der Waals surface area contributed by atoms with E-state index >= 15 is 0 Å². The third-order valence-electron chi connectivity index (χ3n) is 2.37. The van der Waals surface area contributed by atoms with Crippen LogP contribution >= 0.6 is 0 Å². The van der Waals surface area contributed by atoms with Crippen molar-refractivity contribution in [2.45, 2.75) is 6.18 Å². The molecule has 7 nitrogen and oxygen atoms in total. The van der Waals surface area contributed by atoms with Crippen molar-refractivity contribution in [1.29, 1.82) is 15.8 Å². The van der Waals surface area contributed by atoms with E-state index < -0.39 is 39.3 Å². The zero-order valence-electron chi connectivity index (χ0n) is 10.5. The molecule has 0 atom stereocenters. The van der Waals surface area contributed by atoms with E-state index in [0.29, 0.717) is 6.07 Å². The monoisotopic (exact) mass is 307 g/mol. The van der Waals surface area contributed by atoms with Crippen LogP contribution in [0.4, 0.5) is 24.5 Å². The Morgan fingerprint density at radius 3 is 2.18 bits per heavy atom. The second-order valence-electron chi connectivity index (χ2n) is 3.70. The first-order valence-electron chi connectivity index (χ1n) is 5.31. The zero-order valence-corrected chi connectivity index (χ0v) is 10.5. The Kier molecular flexibility index (Phi) is 4.68. The molecule has 0 heterocycles. The fourth-order valence-electron chi connectivity index (χ4n) is 1.38. The normalized spacial score (nSPS) is 9.82. The van der Waals surface area contributed by atoms with Gasteiger partial charge in [0.25, 0.3) is 5.69 Å². The van der Waals surface area contributed by atoms with E-state index in [9.17, 15) is 23.3 Å². The van der Waals surface area contributed by atoms with Crippen molar-refractivity contribution >= 4 is 11.4 Å². The molecular formula is C12H4F3N5O2. The van der Waals surface area contributed by atoms with Crippen molar-refractivity contribution < 1.29 is 18.1 Å². The second kappa shape index (κ2) is 6.25. The Bertz CT molecular complexity index is 762. The smallest absolute Gasteiger partial charge is 0.340 e. The van der Waals surface area contributed by atoms with Crippen molar-refractivity contribution in [3.63, 3.8) is 0 Å². The van der Waals surface area contributed by atoms with E-state index in [0.717, 1.165) is 6.07 Å². The molecule has 0 fully saturated rings. The maximum Gasteiger partial charge on any atom is 0.416 e. The topological polar surface area (TPSA) is 127 Å². The Labute approximate surface area is 121 Å². The molecular weight excluding hydrogens is 303 g/mol. The van der Waals surface area contributed by atoms with Gasteiger partial charge in [0.2, 0.25) is 0 Å². The lowest BCUT2D eigenvalue weighted by Crippen LogP contribution is -2.08. The number of nitro benzene ring substituents is 1. The summed E-state index contributed by atoms with van der Waals surface area (Å²) in [6.07, 6.45) is -4.78. The predicted octanol–water partition coefficient (Wildman–Crippen LogP) is 2.85. The lowest BCUT2D eigenvalue weighted by Gasteiger charge is -2.09. The molecule has 0 bridgehead atoms. The van der Waals surface area contributed by atoms with Gasteiger partial charge in [-0.25, -0.2) is 0 Å². The number of hydrogen-bond donors (Lipinski definition) is 1. The molecule has 0 radical (unpaired) electrons. The molecule has 0 aliphatic heterocycles. The molecule has 0 aliphatic carbocycles. The average molecular weight is 307 g/mol. The quantitative estimate of drug-likeness (QED) is 0.519. The van der Waals surface area contributed by atoms with Crippen LogP contribution in [0.15, 0.2) is 29.5 Å². The maximum absolute atomic E-state index is 12.5. The standard InChI is InChI=1S/C12H4F3N5O2/c13-12(14,15)8-1-2-9(11(3-8)20(21)22)19-10(6-18)7(4-16)5-17/h1-3,19H. The first kappa shape index (κ1) is 16.5. The number of nitrogens with one attached hydrogen (secondary N) is 1. The molecule has 110 valence electrons. The summed E-state index contributed by atoms with van der Waals surface area (Å²) < 4.78 is 37.6. The molecule has 0 aromatic heterocycles. The van der Waals surface area contributed by atoms with Crippen molar-refractivity contribution in [2.75, 3.05) is 5.32 Å². The Hall–Kier alpha value is -3.58. The highest BCUT2D eigenvalue weighted by molar-refractivity contribution is 5.68. The van der Waals surface area contributed by atoms with E-state index in [1.165, 1.54) is 18.2 Å². The molecule has 1 rings (SSSR count). The van der Waals surface area contributed by atoms with Crippen LogP contribution in [-0.4, -0.2) is 4.92 Å². The summed E-state index contributed by atoms with van der Waals surface area (Å²) in [5, 5.41) is 39.0. The van der Waals surface area contributed by atoms with Gasteiger partial charge in [-0.2, -0.15) is 29.0 Å². The molecule has 1 aromatic rings. The minimum Gasteiger partial charge on any atom is -0.340 e. The maximum atomic E-state index is 12.5. The van der Waals surface area contributed by atoms with Gasteiger partial charge in [0.05, 0.1) is 10.5 Å². The molecule has 10 heteroatoms. The van der Waals surface area contributed by atoms with Crippen LogP contribution in [0.1, 0.15) is 5.56 Å². The van der Waals surface area contributed by atoms with Crippen LogP contribution in [0.2, 0.25) is 0 Å². The van der Waals surface area contributed by atoms with Gasteiger partial charge in [-0.15, -0.1) is 0 Å². The summed E-state index contributed by atoms with van der Waals surface area (Å²) in [6, 6.07) is 5.82. The third kappa shape index (κ3) is 3.50. The summed E-state index contributed by atoms with van der Waals surface area (Å²) in [7, 11) is 0. The van der Waals surface area contributed by atoms with Crippen molar-refractivity contribution in [2.24, 2.45) is 0 Å². The van der Waals surface area contributed by atoms with Gasteiger partial charge < -0.3 is 5.32 Å². The molecule has 1 aromatic carbocycles. The summed E-state index contributed by atoms with van der Waals surface area (Å²) in [4.78, 5) is 9.77. The highest BCUT2D eigenvalue weighted by Gasteiger charge is 2.33. The Morgan fingerprint density at radius 2 is 1.77 bits per heavy atom. The Morgan fingerprint density at radius 1 is 1.18 bits per heavy atom. The lowest BCUT2D eigenvalue weighted by molar-refractivity contribution is -0.384. The number of hydrogen-bond acceptors (Lipinski definition) is 6. The first-order valence-corrected chi connectivity index (χ1v) is 5.31. The van der Waals surface area contributed by atoms with E-state index in [1.807, 2.05) is 0 Å². The van der Waals surface area contributed by atoms with E-state index in [2.05, 4.69) is 5.32 Å².